The van der Waals surface area contributed by atoms with Crippen LogP contribution in [0.3, 0.4) is 0 Å². The molecule has 0 unspecified atom stereocenters. The Bertz CT molecular complexity index is 237. The molecule has 0 aliphatic heterocycles. The van der Waals surface area contributed by atoms with Crippen LogP contribution in [0.1, 0.15) is 5.56 Å². The molecule has 0 spiro atoms. The summed E-state index contributed by atoms with van der Waals surface area (Å²) in [6, 6.07) is 0. The van der Waals surface area contributed by atoms with Gasteiger partial charge in [0.15, 0.2) is 0 Å². The van der Waals surface area contributed by atoms with E-state index in [0.717, 1.165) is 0 Å². The molecule has 0 radical (unpaired) electrons. The van der Waals surface area contributed by atoms with Gasteiger partial charge in [-0.15, -0.1) is 0 Å². The quantitative estimate of drug-likeness (QED) is 0.542. The maximum atomic E-state index is 5.44. The zero-order chi connectivity index (χ0) is 7.72. The molecule has 1 aromatic heterocycles. The molecule has 0 atom stereocenters. The molecule has 10 heavy (non-hydrogen) atoms. The second-order valence-electron chi connectivity index (χ2n) is 1.89. The van der Waals surface area contributed by atoms with Crippen molar-refractivity contribution in [3.63, 3.8) is 0 Å². The number of hydrogen-bond acceptors (Lipinski definition) is 4. The fraction of sp³-hybridized carbons (Fsp3) is 0.200. The fourth-order valence-electron chi connectivity index (χ4n) is 0.523. The number of aromatic nitrogens is 2. The monoisotopic (exact) mass is 158 g/mol. The Morgan fingerprint density at radius 2 is 1.60 bits per heavy atom. The summed E-state index contributed by atoms with van der Waals surface area (Å²) in [5.41, 5.74) is 11.5. The molecule has 1 rings (SSSR count). The van der Waals surface area contributed by atoms with Gasteiger partial charge < -0.3 is 11.5 Å². The van der Waals surface area contributed by atoms with E-state index >= 15 is 0 Å². The van der Waals surface area contributed by atoms with Gasteiger partial charge in [-0.2, -0.15) is 0 Å². The topological polar surface area (TPSA) is 77.8 Å². The van der Waals surface area contributed by atoms with E-state index in [1.54, 1.807) is 6.92 Å². The molecule has 4 N–H and O–H groups in total. The van der Waals surface area contributed by atoms with Crippen molar-refractivity contribution in [1.29, 1.82) is 0 Å². The first kappa shape index (κ1) is 7.08. The van der Waals surface area contributed by atoms with E-state index in [1.807, 2.05) is 0 Å². The summed E-state index contributed by atoms with van der Waals surface area (Å²) >= 11 is 5.44. The van der Waals surface area contributed by atoms with Gasteiger partial charge in [-0.05, 0) is 18.5 Å². The summed E-state index contributed by atoms with van der Waals surface area (Å²) in [6.45, 7) is 1.74. The third-order valence-electron chi connectivity index (χ3n) is 1.19. The molecule has 0 bridgehead atoms. The van der Waals surface area contributed by atoms with E-state index in [0.29, 0.717) is 17.2 Å². The number of nitrogen functional groups attached to an aromatic ring is 2. The molecule has 0 aliphatic rings. The summed E-state index contributed by atoms with van der Waals surface area (Å²) in [7, 11) is 0. The third-order valence-corrected chi connectivity index (χ3v) is 1.36. The Balaban J connectivity index is 3.31. The van der Waals surface area contributed by atoms with Crippen LogP contribution in [0.15, 0.2) is 0 Å². The number of nitrogens with two attached hydrogens (primary N) is 2. The van der Waals surface area contributed by atoms with Gasteiger partial charge in [-0.3, -0.25) is 0 Å². The molecule has 0 amide bonds. The second-order valence-corrected chi connectivity index (χ2v) is 2.23. The van der Waals surface area contributed by atoms with Crippen LogP contribution in [0.2, 0.25) is 5.28 Å². The first-order valence-electron chi connectivity index (χ1n) is 2.66. The molecule has 0 aromatic carbocycles. The Labute approximate surface area is 63.2 Å². The van der Waals surface area contributed by atoms with E-state index in [1.165, 1.54) is 0 Å². The van der Waals surface area contributed by atoms with E-state index in [2.05, 4.69) is 9.97 Å². The smallest absolute Gasteiger partial charge is 0.226 e. The highest BCUT2D eigenvalue weighted by Gasteiger charge is 2.02. The first-order valence-corrected chi connectivity index (χ1v) is 3.04. The normalized spacial score (nSPS) is 9.80. The Hall–Kier alpha value is -1.03. The van der Waals surface area contributed by atoms with Crippen molar-refractivity contribution in [3.05, 3.63) is 10.8 Å². The Kier molecular flexibility index (Phi) is 1.63. The summed E-state index contributed by atoms with van der Waals surface area (Å²) in [6.07, 6.45) is 0. The predicted octanol–water partition coefficient (Wildman–Crippen LogP) is 0.603. The van der Waals surface area contributed by atoms with Gasteiger partial charge in [0, 0.05) is 5.56 Å². The van der Waals surface area contributed by atoms with Gasteiger partial charge in [-0.25, -0.2) is 9.97 Å². The summed E-state index contributed by atoms with van der Waals surface area (Å²) in [5, 5.41) is 0.0839. The van der Waals surface area contributed by atoms with E-state index < -0.39 is 0 Å². The van der Waals surface area contributed by atoms with Gasteiger partial charge in [-0.1, -0.05) is 0 Å². The number of nitrogens with zero attached hydrogens (tertiary/aromatic N) is 2. The molecule has 0 saturated heterocycles. The zero-order valence-electron chi connectivity index (χ0n) is 5.43. The van der Waals surface area contributed by atoms with Crippen LogP contribution in [0, 0.1) is 6.92 Å². The molecule has 4 nitrogen and oxygen atoms in total. The van der Waals surface area contributed by atoms with Crippen molar-refractivity contribution in [3.8, 4) is 0 Å². The van der Waals surface area contributed by atoms with Gasteiger partial charge in [0.2, 0.25) is 5.28 Å². The van der Waals surface area contributed by atoms with Gasteiger partial charge in [0.1, 0.15) is 11.6 Å². The molecular weight excluding hydrogens is 152 g/mol. The highest BCUT2D eigenvalue weighted by Crippen LogP contribution is 2.15. The van der Waals surface area contributed by atoms with Crippen LogP contribution in [0.5, 0.6) is 0 Å². The standard InChI is InChI=1S/C5H7ClN4/c1-2-3(7)9-5(6)10-4(2)8/h1H3,(H4,7,8,9,10). The molecule has 1 heterocycles. The minimum atomic E-state index is 0.0839. The maximum Gasteiger partial charge on any atom is 0.226 e. The number of rotatable bonds is 0. The predicted molar refractivity (Wildman–Crippen MR) is 40.6 cm³/mol. The average molecular weight is 159 g/mol. The lowest BCUT2D eigenvalue weighted by Crippen LogP contribution is -2.02. The van der Waals surface area contributed by atoms with Crippen molar-refractivity contribution in [2.45, 2.75) is 6.92 Å². The van der Waals surface area contributed by atoms with Crippen LogP contribution in [0.25, 0.3) is 0 Å². The number of anilines is 2. The third kappa shape index (κ3) is 1.11. The lowest BCUT2D eigenvalue weighted by atomic mass is 10.3. The molecule has 0 saturated carbocycles. The highest BCUT2D eigenvalue weighted by atomic mass is 35.5. The number of hydrogen-bond donors (Lipinski definition) is 2. The molecule has 0 fully saturated rings. The largest absolute Gasteiger partial charge is 0.383 e. The summed E-state index contributed by atoms with van der Waals surface area (Å²) in [5.74, 6) is 0.662. The first-order chi connectivity index (χ1) is 4.61. The van der Waals surface area contributed by atoms with E-state index in [-0.39, 0.29) is 5.28 Å². The molecular formula is C5H7ClN4. The number of halogens is 1. The minimum Gasteiger partial charge on any atom is -0.383 e. The highest BCUT2D eigenvalue weighted by molar-refractivity contribution is 6.28. The Morgan fingerprint density at radius 3 is 2.00 bits per heavy atom. The Morgan fingerprint density at radius 1 is 1.20 bits per heavy atom. The SMILES string of the molecule is Cc1c(N)nc(Cl)nc1N. The molecule has 5 heteroatoms. The van der Waals surface area contributed by atoms with E-state index in [4.69, 9.17) is 23.1 Å². The minimum absolute atomic E-state index is 0.0839. The second kappa shape index (κ2) is 2.30. The maximum absolute atomic E-state index is 5.44. The van der Waals surface area contributed by atoms with Crippen molar-refractivity contribution in [1.82, 2.24) is 9.97 Å². The van der Waals surface area contributed by atoms with Crippen LogP contribution < -0.4 is 11.5 Å². The lowest BCUT2D eigenvalue weighted by molar-refractivity contribution is 1.15. The zero-order valence-corrected chi connectivity index (χ0v) is 6.18. The van der Waals surface area contributed by atoms with Crippen LogP contribution >= 0.6 is 11.6 Å². The van der Waals surface area contributed by atoms with Gasteiger partial charge >= 0.3 is 0 Å². The van der Waals surface area contributed by atoms with Crippen molar-refractivity contribution >= 4 is 23.2 Å². The lowest BCUT2D eigenvalue weighted by Gasteiger charge is -2.00. The fourth-order valence-corrected chi connectivity index (χ4v) is 0.705. The average Bonchev–Trinajstić information content (AvgIpc) is 1.82. The molecule has 54 valence electrons. The molecule has 1 aromatic rings. The van der Waals surface area contributed by atoms with Gasteiger partial charge in [0.25, 0.3) is 0 Å². The summed E-state index contributed by atoms with van der Waals surface area (Å²) in [4.78, 5) is 7.37. The van der Waals surface area contributed by atoms with Crippen molar-refractivity contribution in [2.75, 3.05) is 11.5 Å². The molecule has 0 aliphatic carbocycles. The van der Waals surface area contributed by atoms with E-state index in [9.17, 15) is 0 Å². The van der Waals surface area contributed by atoms with Crippen LogP contribution in [-0.2, 0) is 0 Å². The van der Waals surface area contributed by atoms with Crippen LogP contribution in [0.4, 0.5) is 11.6 Å². The van der Waals surface area contributed by atoms with Gasteiger partial charge in [0.05, 0.1) is 0 Å². The summed E-state index contributed by atoms with van der Waals surface area (Å²) < 4.78 is 0. The van der Waals surface area contributed by atoms with Crippen molar-refractivity contribution in [2.24, 2.45) is 0 Å². The van der Waals surface area contributed by atoms with Crippen LogP contribution in [-0.4, -0.2) is 9.97 Å². The van der Waals surface area contributed by atoms with Crippen molar-refractivity contribution < 1.29 is 0 Å².